The van der Waals surface area contributed by atoms with Crippen molar-refractivity contribution in [3.8, 4) is 0 Å². The van der Waals surface area contributed by atoms with Crippen LogP contribution < -0.4 is 22.3 Å². The van der Waals surface area contributed by atoms with E-state index < -0.39 is 11.2 Å². The molecule has 2 heterocycles. The van der Waals surface area contributed by atoms with Crippen molar-refractivity contribution in [1.82, 2.24) is 14.9 Å². The number of anilines is 1. The standard InChI is InChI=1S/C18H20BrN5O2/c1-10-7-13(11-3-5-12(19)6-4-11)15(8-20)24(2)16(10)22-14-9-21-18(26)23-17(14)25/h3-7,9,15,22H,8,20H2,1-2H3,(H2,21,23,25,26). The Labute approximate surface area is 158 Å². The average Bonchev–Trinajstić information content (AvgIpc) is 2.60. The lowest BCUT2D eigenvalue weighted by atomic mass is 9.92. The zero-order valence-electron chi connectivity index (χ0n) is 14.5. The number of nitrogens with two attached hydrogens (primary N) is 1. The molecule has 1 unspecified atom stereocenters. The Morgan fingerprint density at radius 1 is 1.27 bits per heavy atom. The highest BCUT2D eigenvalue weighted by Crippen LogP contribution is 2.31. The Morgan fingerprint density at radius 2 is 1.96 bits per heavy atom. The fraction of sp³-hybridized carbons (Fsp3) is 0.222. The van der Waals surface area contributed by atoms with E-state index in [4.69, 9.17) is 5.73 Å². The van der Waals surface area contributed by atoms with Crippen LogP contribution in [0.5, 0.6) is 0 Å². The highest BCUT2D eigenvalue weighted by molar-refractivity contribution is 9.10. The zero-order chi connectivity index (χ0) is 18.8. The first kappa shape index (κ1) is 18.2. The van der Waals surface area contributed by atoms with Crippen molar-refractivity contribution < 1.29 is 0 Å². The van der Waals surface area contributed by atoms with Crippen LogP contribution >= 0.6 is 15.9 Å². The van der Waals surface area contributed by atoms with E-state index in [1.54, 1.807) is 0 Å². The van der Waals surface area contributed by atoms with Gasteiger partial charge in [-0.15, -0.1) is 0 Å². The molecule has 5 N–H and O–H groups in total. The number of benzene rings is 1. The minimum absolute atomic E-state index is 0.0516. The van der Waals surface area contributed by atoms with E-state index in [-0.39, 0.29) is 11.7 Å². The molecule has 0 saturated carbocycles. The monoisotopic (exact) mass is 417 g/mol. The van der Waals surface area contributed by atoms with Gasteiger partial charge in [0.1, 0.15) is 11.5 Å². The minimum atomic E-state index is -0.541. The van der Waals surface area contributed by atoms with Gasteiger partial charge >= 0.3 is 5.69 Å². The molecule has 0 bridgehead atoms. The Kier molecular flexibility index (Phi) is 5.15. The maximum Gasteiger partial charge on any atom is 0.325 e. The first-order chi connectivity index (χ1) is 12.4. The molecule has 0 aliphatic carbocycles. The molecule has 8 heteroatoms. The maximum atomic E-state index is 12.0. The number of hydrogen-bond acceptors (Lipinski definition) is 5. The molecule has 0 fully saturated rings. The molecule has 136 valence electrons. The predicted octanol–water partition coefficient (Wildman–Crippen LogP) is 1.83. The van der Waals surface area contributed by atoms with Crippen molar-refractivity contribution in [1.29, 1.82) is 0 Å². The molecule has 1 aromatic heterocycles. The molecule has 1 aliphatic rings. The van der Waals surface area contributed by atoms with Gasteiger partial charge in [0.15, 0.2) is 0 Å². The molecule has 26 heavy (non-hydrogen) atoms. The van der Waals surface area contributed by atoms with Gasteiger partial charge < -0.3 is 20.9 Å². The second-order valence-corrected chi connectivity index (χ2v) is 7.03. The van der Waals surface area contributed by atoms with Crippen LogP contribution in [-0.4, -0.2) is 34.5 Å². The lowest BCUT2D eigenvalue weighted by Crippen LogP contribution is -2.43. The van der Waals surface area contributed by atoms with E-state index in [0.717, 1.165) is 27.0 Å². The molecule has 1 aromatic carbocycles. The van der Waals surface area contributed by atoms with E-state index in [9.17, 15) is 9.59 Å². The van der Waals surface area contributed by atoms with Crippen LogP contribution in [-0.2, 0) is 0 Å². The molecule has 0 radical (unpaired) electrons. The van der Waals surface area contributed by atoms with Gasteiger partial charge in [0.25, 0.3) is 5.56 Å². The van der Waals surface area contributed by atoms with Crippen LogP contribution in [0.3, 0.4) is 0 Å². The van der Waals surface area contributed by atoms with Crippen molar-refractivity contribution >= 4 is 27.2 Å². The number of rotatable bonds is 4. The summed E-state index contributed by atoms with van der Waals surface area (Å²) in [5.41, 5.74) is 8.46. The summed E-state index contributed by atoms with van der Waals surface area (Å²) in [7, 11) is 1.93. The van der Waals surface area contributed by atoms with Crippen molar-refractivity contribution in [2.75, 3.05) is 18.9 Å². The second-order valence-electron chi connectivity index (χ2n) is 6.11. The molecule has 1 aliphatic heterocycles. The summed E-state index contributed by atoms with van der Waals surface area (Å²) in [6.07, 6.45) is 3.43. The Bertz CT molecular complexity index is 988. The van der Waals surface area contributed by atoms with Crippen molar-refractivity contribution in [2.45, 2.75) is 13.0 Å². The third-order valence-corrected chi connectivity index (χ3v) is 4.93. The van der Waals surface area contributed by atoms with Crippen molar-refractivity contribution in [2.24, 2.45) is 5.73 Å². The van der Waals surface area contributed by atoms with Crippen LogP contribution in [0.15, 0.2) is 62.0 Å². The number of aromatic amines is 2. The molecular formula is C18H20BrN5O2. The predicted molar refractivity (Wildman–Crippen MR) is 107 cm³/mol. The fourth-order valence-electron chi connectivity index (χ4n) is 3.06. The average molecular weight is 418 g/mol. The number of nitrogens with zero attached hydrogens (tertiary/aromatic N) is 1. The molecule has 0 amide bonds. The van der Waals surface area contributed by atoms with Gasteiger partial charge in [0.05, 0.1) is 6.04 Å². The van der Waals surface area contributed by atoms with Crippen LogP contribution in [0.25, 0.3) is 5.57 Å². The number of H-pyrrole nitrogens is 2. The summed E-state index contributed by atoms with van der Waals surface area (Å²) in [5, 5.41) is 3.11. The van der Waals surface area contributed by atoms with Gasteiger partial charge in [-0.3, -0.25) is 9.78 Å². The molecule has 0 saturated heterocycles. The topological polar surface area (TPSA) is 107 Å². The number of likely N-dealkylation sites (N-methyl/N-ethyl adjacent to an activating group) is 1. The lowest BCUT2D eigenvalue weighted by molar-refractivity contribution is 0.363. The summed E-state index contributed by atoms with van der Waals surface area (Å²) in [4.78, 5) is 29.9. The first-order valence-corrected chi connectivity index (χ1v) is 8.90. The molecule has 1 atom stereocenters. The number of halogens is 1. The summed E-state index contributed by atoms with van der Waals surface area (Å²) >= 11 is 3.45. The normalized spacial score (nSPS) is 17.3. The number of aromatic nitrogens is 2. The van der Waals surface area contributed by atoms with E-state index in [1.165, 1.54) is 6.20 Å². The molecule has 0 spiro atoms. The number of allylic oxidation sites excluding steroid dienone is 2. The van der Waals surface area contributed by atoms with Crippen LogP contribution in [0, 0.1) is 0 Å². The molecule has 3 rings (SSSR count). The molecule has 7 nitrogen and oxygen atoms in total. The van der Waals surface area contributed by atoms with Crippen LogP contribution in [0.4, 0.5) is 5.69 Å². The second kappa shape index (κ2) is 7.35. The first-order valence-electron chi connectivity index (χ1n) is 8.11. The van der Waals surface area contributed by atoms with Gasteiger partial charge in [-0.1, -0.05) is 28.1 Å². The lowest BCUT2D eigenvalue weighted by Gasteiger charge is -2.37. The fourth-order valence-corrected chi connectivity index (χ4v) is 3.32. The Hall–Kier alpha value is -2.58. The SMILES string of the molecule is CC1=C(Nc2c[nH]c(=O)[nH]c2=O)N(C)C(CN)C(c2ccc(Br)cc2)=C1. The third-order valence-electron chi connectivity index (χ3n) is 4.40. The largest absolute Gasteiger partial charge is 0.353 e. The number of hydrogen-bond donors (Lipinski definition) is 4. The summed E-state index contributed by atoms with van der Waals surface area (Å²) in [5.74, 6) is 0.763. The van der Waals surface area contributed by atoms with E-state index in [0.29, 0.717) is 6.54 Å². The third kappa shape index (κ3) is 3.51. The van der Waals surface area contributed by atoms with E-state index >= 15 is 0 Å². The van der Waals surface area contributed by atoms with Gasteiger partial charge in [-0.25, -0.2) is 4.79 Å². The van der Waals surface area contributed by atoms with Gasteiger partial charge in [0, 0.05) is 24.3 Å². The summed E-state index contributed by atoms with van der Waals surface area (Å²) in [6.45, 7) is 2.38. The minimum Gasteiger partial charge on any atom is -0.353 e. The summed E-state index contributed by atoms with van der Waals surface area (Å²) < 4.78 is 1.02. The van der Waals surface area contributed by atoms with Crippen LogP contribution in [0.2, 0.25) is 0 Å². The maximum absolute atomic E-state index is 12.0. The van der Waals surface area contributed by atoms with Gasteiger partial charge in [0.2, 0.25) is 0 Å². The highest BCUT2D eigenvalue weighted by atomic mass is 79.9. The Morgan fingerprint density at radius 3 is 2.58 bits per heavy atom. The zero-order valence-corrected chi connectivity index (χ0v) is 16.1. The Balaban J connectivity index is 2.02. The highest BCUT2D eigenvalue weighted by Gasteiger charge is 2.27. The van der Waals surface area contributed by atoms with E-state index in [2.05, 4.69) is 37.3 Å². The quantitative estimate of drug-likeness (QED) is 0.606. The van der Waals surface area contributed by atoms with Gasteiger partial charge in [-0.2, -0.15) is 0 Å². The van der Waals surface area contributed by atoms with Crippen molar-refractivity contribution in [3.05, 3.63) is 78.8 Å². The van der Waals surface area contributed by atoms with Crippen molar-refractivity contribution in [3.63, 3.8) is 0 Å². The van der Waals surface area contributed by atoms with Crippen LogP contribution in [0.1, 0.15) is 12.5 Å². The number of nitrogens with one attached hydrogen (secondary N) is 3. The van der Waals surface area contributed by atoms with Gasteiger partial charge in [-0.05, 0) is 41.8 Å². The molecule has 2 aromatic rings. The smallest absolute Gasteiger partial charge is 0.325 e. The van der Waals surface area contributed by atoms with E-state index in [1.807, 2.05) is 43.1 Å². The molecular weight excluding hydrogens is 398 g/mol. The summed E-state index contributed by atoms with van der Waals surface area (Å²) in [6, 6.07) is 8.03.